The normalized spacial score (nSPS) is 16.6. The zero-order valence-electron chi connectivity index (χ0n) is 11.6. The number of nitrogens with two attached hydrogens (primary N) is 1. The molecule has 1 amide bonds. The molecule has 1 saturated heterocycles. The summed E-state index contributed by atoms with van der Waals surface area (Å²) in [5.41, 5.74) is 7.53. The van der Waals surface area contributed by atoms with Gasteiger partial charge in [-0.2, -0.15) is 0 Å². The lowest BCUT2D eigenvalue weighted by atomic mass is 10.1. The summed E-state index contributed by atoms with van der Waals surface area (Å²) < 4.78 is 0. The van der Waals surface area contributed by atoms with Crippen molar-refractivity contribution in [1.29, 1.82) is 0 Å². The number of likely N-dealkylation sites (tertiary alicyclic amines) is 1. The molecular weight excluding hydrogens is 297 g/mol. The monoisotopic (exact) mass is 317 g/mol. The number of hydrogen-bond donors (Lipinski definition) is 2. The number of nitrogens with one attached hydrogen (secondary N) is 1. The third kappa shape index (κ3) is 4.63. The summed E-state index contributed by atoms with van der Waals surface area (Å²) in [6, 6.07) is 5.81. The van der Waals surface area contributed by atoms with Gasteiger partial charge in [-0.3, -0.25) is 9.69 Å². The Balaban J connectivity index is 0.00000200. The van der Waals surface area contributed by atoms with E-state index in [1.165, 1.54) is 0 Å². The van der Waals surface area contributed by atoms with Crippen molar-refractivity contribution in [2.24, 2.45) is 5.73 Å². The minimum atomic E-state index is 0. The van der Waals surface area contributed by atoms with Crippen LogP contribution in [0.1, 0.15) is 18.4 Å². The fourth-order valence-electron chi connectivity index (χ4n) is 2.25. The van der Waals surface area contributed by atoms with Crippen molar-refractivity contribution in [3.05, 3.63) is 28.8 Å². The molecule has 1 aromatic carbocycles. The first kappa shape index (κ1) is 17.2. The summed E-state index contributed by atoms with van der Waals surface area (Å²) in [6.45, 7) is 4.10. The van der Waals surface area contributed by atoms with Crippen LogP contribution in [0.2, 0.25) is 5.02 Å². The Bertz CT molecular complexity index is 460. The summed E-state index contributed by atoms with van der Waals surface area (Å²) in [4.78, 5) is 14.1. The van der Waals surface area contributed by atoms with Gasteiger partial charge in [-0.15, -0.1) is 12.4 Å². The van der Waals surface area contributed by atoms with Gasteiger partial charge < -0.3 is 11.1 Å². The van der Waals surface area contributed by atoms with Crippen molar-refractivity contribution < 1.29 is 4.79 Å². The van der Waals surface area contributed by atoms with E-state index in [1.807, 2.05) is 25.1 Å². The Morgan fingerprint density at radius 3 is 2.75 bits per heavy atom. The number of carbonyl (C=O) groups is 1. The topological polar surface area (TPSA) is 58.4 Å². The Morgan fingerprint density at radius 2 is 2.10 bits per heavy atom. The summed E-state index contributed by atoms with van der Waals surface area (Å²) in [5.74, 6) is 0.000776. The number of nitrogens with zero attached hydrogens (tertiary/aromatic N) is 1. The molecule has 2 rings (SSSR count). The highest BCUT2D eigenvalue weighted by Gasteiger charge is 2.18. The zero-order valence-corrected chi connectivity index (χ0v) is 13.1. The van der Waals surface area contributed by atoms with Crippen LogP contribution < -0.4 is 11.1 Å². The van der Waals surface area contributed by atoms with E-state index in [2.05, 4.69) is 10.2 Å². The molecule has 1 aliphatic heterocycles. The van der Waals surface area contributed by atoms with Crippen LogP contribution in [0.5, 0.6) is 0 Å². The first-order valence-electron chi connectivity index (χ1n) is 6.59. The van der Waals surface area contributed by atoms with Crippen molar-refractivity contribution in [2.75, 3.05) is 25.0 Å². The zero-order chi connectivity index (χ0) is 13.8. The highest BCUT2D eigenvalue weighted by Crippen LogP contribution is 2.22. The van der Waals surface area contributed by atoms with Crippen LogP contribution in [-0.4, -0.2) is 36.5 Å². The van der Waals surface area contributed by atoms with Crippen LogP contribution in [0, 0.1) is 6.92 Å². The maximum atomic E-state index is 12.0. The number of anilines is 1. The van der Waals surface area contributed by atoms with Crippen LogP contribution in [0.15, 0.2) is 18.2 Å². The lowest BCUT2D eigenvalue weighted by Gasteiger charge is -2.29. The van der Waals surface area contributed by atoms with Gasteiger partial charge in [0.1, 0.15) is 0 Å². The van der Waals surface area contributed by atoms with E-state index in [-0.39, 0.29) is 24.4 Å². The molecule has 0 aliphatic carbocycles. The molecule has 1 aromatic rings. The maximum Gasteiger partial charge on any atom is 0.238 e. The van der Waals surface area contributed by atoms with E-state index in [0.29, 0.717) is 11.6 Å². The predicted molar refractivity (Wildman–Crippen MR) is 85.7 cm³/mol. The molecule has 112 valence electrons. The van der Waals surface area contributed by atoms with Crippen LogP contribution >= 0.6 is 24.0 Å². The average Bonchev–Trinajstić information content (AvgIpc) is 2.38. The van der Waals surface area contributed by atoms with E-state index >= 15 is 0 Å². The highest BCUT2D eigenvalue weighted by atomic mass is 35.5. The van der Waals surface area contributed by atoms with Gasteiger partial charge in [0, 0.05) is 29.8 Å². The molecule has 6 heteroatoms. The van der Waals surface area contributed by atoms with Crippen LogP contribution in [0.4, 0.5) is 5.69 Å². The largest absolute Gasteiger partial charge is 0.328 e. The van der Waals surface area contributed by atoms with E-state index < -0.39 is 0 Å². The quantitative estimate of drug-likeness (QED) is 0.900. The first-order chi connectivity index (χ1) is 9.06. The molecule has 0 unspecified atom stereocenters. The van der Waals surface area contributed by atoms with Crippen molar-refractivity contribution in [3.63, 3.8) is 0 Å². The maximum absolute atomic E-state index is 12.0. The predicted octanol–water partition coefficient (Wildman–Crippen LogP) is 2.43. The van der Waals surface area contributed by atoms with Crippen molar-refractivity contribution in [3.8, 4) is 0 Å². The summed E-state index contributed by atoms with van der Waals surface area (Å²) in [6.07, 6.45) is 1.92. The van der Waals surface area contributed by atoms with Gasteiger partial charge in [0.2, 0.25) is 5.91 Å². The lowest BCUT2D eigenvalue weighted by molar-refractivity contribution is -0.117. The molecule has 20 heavy (non-hydrogen) atoms. The third-order valence-corrected chi connectivity index (χ3v) is 3.95. The minimum absolute atomic E-state index is 0. The van der Waals surface area contributed by atoms with Gasteiger partial charge in [0.25, 0.3) is 0 Å². The standard InChI is InChI=1S/C14H20ClN3O.ClH/c1-10-12(15)3-2-4-13(10)17-14(19)9-18-7-5-11(16)6-8-18;/h2-4,11H,5-9,16H2,1H3,(H,17,19);1H. The minimum Gasteiger partial charge on any atom is -0.328 e. The summed E-state index contributed by atoms with van der Waals surface area (Å²) in [5, 5.41) is 3.58. The molecule has 1 heterocycles. The molecule has 0 saturated carbocycles. The Kier molecular flexibility index (Phi) is 6.76. The smallest absolute Gasteiger partial charge is 0.238 e. The number of halogens is 2. The number of benzene rings is 1. The van der Waals surface area contributed by atoms with Crippen LogP contribution in [0.25, 0.3) is 0 Å². The summed E-state index contributed by atoms with van der Waals surface area (Å²) in [7, 11) is 0. The molecular formula is C14H21Cl2N3O. The number of carbonyl (C=O) groups excluding carboxylic acids is 1. The molecule has 4 nitrogen and oxygen atoms in total. The molecule has 0 bridgehead atoms. The molecule has 1 aliphatic rings. The second-order valence-corrected chi connectivity index (χ2v) is 5.48. The number of piperidine rings is 1. The van der Waals surface area contributed by atoms with Gasteiger partial charge in [-0.05, 0) is 37.5 Å². The fourth-order valence-corrected chi connectivity index (χ4v) is 2.42. The van der Waals surface area contributed by atoms with E-state index in [9.17, 15) is 4.79 Å². The number of rotatable bonds is 3. The highest BCUT2D eigenvalue weighted by molar-refractivity contribution is 6.31. The summed E-state index contributed by atoms with van der Waals surface area (Å²) >= 11 is 6.03. The van der Waals surface area contributed by atoms with Gasteiger partial charge in [0.15, 0.2) is 0 Å². The molecule has 0 atom stereocenters. The van der Waals surface area contributed by atoms with E-state index in [1.54, 1.807) is 0 Å². The first-order valence-corrected chi connectivity index (χ1v) is 6.97. The van der Waals surface area contributed by atoms with Crippen LogP contribution in [0.3, 0.4) is 0 Å². The lowest BCUT2D eigenvalue weighted by Crippen LogP contribution is -2.43. The van der Waals surface area contributed by atoms with Gasteiger partial charge in [-0.25, -0.2) is 0 Å². The Hall–Kier alpha value is -0.810. The van der Waals surface area contributed by atoms with Crippen molar-refractivity contribution in [2.45, 2.75) is 25.8 Å². The van der Waals surface area contributed by atoms with Gasteiger partial charge in [-0.1, -0.05) is 17.7 Å². The van der Waals surface area contributed by atoms with E-state index in [0.717, 1.165) is 37.2 Å². The number of amides is 1. The average molecular weight is 318 g/mol. The van der Waals surface area contributed by atoms with E-state index in [4.69, 9.17) is 17.3 Å². The molecule has 1 fully saturated rings. The molecule has 0 spiro atoms. The molecule has 3 N–H and O–H groups in total. The van der Waals surface area contributed by atoms with Crippen molar-refractivity contribution >= 4 is 35.6 Å². The van der Waals surface area contributed by atoms with Gasteiger partial charge >= 0.3 is 0 Å². The van der Waals surface area contributed by atoms with Gasteiger partial charge in [0.05, 0.1) is 6.54 Å². The van der Waals surface area contributed by atoms with Crippen LogP contribution in [-0.2, 0) is 4.79 Å². The molecule has 0 radical (unpaired) electrons. The third-order valence-electron chi connectivity index (χ3n) is 3.54. The number of hydrogen-bond acceptors (Lipinski definition) is 3. The second-order valence-electron chi connectivity index (χ2n) is 5.07. The Labute approximate surface area is 131 Å². The van der Waals surface area contributed by atoms with Crippen molar-refractivity contribution in [1.82, 2.24) is 4.90 Å². The Morgan fingerprint density at radius 1 is 1.45 bits per heavy atom. The SMILES string of the molecule is Cc1c(Cl)cccc1NC(=O)CN1CCC(N)CC1.Cl. The second kappa shape index (κ2) is 7.84. The fraction of sp³-hybridized carbons (Fsp3) is 0.500. The molecule has 0 aromatic heterocycles.